The molecule has 0 aromatic heterocycles. The summed E-state index contributed by atoms with van der Waals surface area (Å²) < 4.78 is 0.635. The van der Waals surface area contributed by atoms with E-state index in [1.165, 1.54) is 12.1 Å². The van der Waals surface area contributed by atoms with Gasteiger partial charge in [-0.2, -0.15) is 0 Å². The number of carboxylic acid groups (broad SMARTS) is 1. The summed E-state index contributed by atoms with van der Waals surface area (Å²) in [5, 5.41) is 20.0. The van der Waals surface area contributed by atoms with Gasteiger partial charge in [0.15, 0.2) is 0 Å². The summed E-state index contributed by atoms with van der Waals surface area (Å²) in [6.07, 6.45) is 0.849. The number of hydrogen-bond acceptors (Lipinski definition) is 4. The average molecular weight is 343 g/mol. The Bertz CT molecular complexity index is 549. The first-order valence-electron chi connectivity index (χ1n) is 6.30. The first-order chi connectivity index (χ1) is 9.40. The van der Waals surface area contributed by atoms with E-state index in [-0.39, 0.29) is 11.6 Å². The van der Waals surface area contributed by atoms with Crippen molar-refractivity contribution < 1.29 is 14.8 Å². The molecule has 1 fully saturated rings. The largest absolute Gasteiger partial charge is 0.480 e. The molecule has 108 valence electrons. The number of aliphatic carboxylic acids is 1. The quantitative estimate of drug-likeness (QED) is 0.671. The number of rotatable bonds is 4. The standard InChI is InChI=1S/C13H15BrN2O4/c1-8-4-5-15(12(8)13(17)18)7-9-2-3-10(16(19)20)6-11(9)14/h2-3,6,8,12H,4-5,7H2,1H3,(H,17,18). The van der Waals surface area contributed by atoms with E-state index in [1.807, 2.05) is 11.8 Å². The van der Waals surface area contributed by atoms with Crippen molar-refractivity contribution in [2.45, 2.75) is 25.9 Å². The van der Waals surface area contributed by atoms with Crippen LogP contribution < -0.4 is 0 Å². The van der Waals surface area contributed by atoms with Crippen LogP contribution in [0, 0.1) is 16.0 Å². The van der Waals surface area contributed by atoms with E-state index in [2.05, 4.69) is 15.9 Å². The van der Waals surface area contributed by atoms with Crippen molar-refractivity contribution in [3.05, 3.63) is 38.3 Å². The number of nitro benzene ring substituents is 1. The van der Waals surface area contributed by atoms with Crippen LogP contribution in [0.15, 0.2) is 22.7 Å². The monoisotopic (exact) mass is 342 g/mol. The second-order valence-electron chi connectivity index (χ2n) is 5.05. The summed E-state index contributed by atoms with van der Waals surface area (Å²) in [5.41, 5.74) is 0.876. The summed E-state index contributed by atoms with van der Waals surface area (Å²) >= 11 is 3.32. The molecule has 0 spiro atoms. The molecule has 0 bridgehead atoms. The average Bonchev–Trinajstić information content (AvgIpc) is 2.72. The van der Waals surface area contributed by atoms with Crippen LogP contribution in [0.2, 0.25) is 0 Å². The lowest BCUT2D eigenvalue weighted by Gasteiger charge is -2.23. The van der Waals surface area contributed by atoms with Crippen LogP contribution in [0.5, 0.6) is 0 Å². The summed E-state index contributed by atoms with van der Waals surface area (Å²) in [7, 11) is 0. The second-order valence-corrected chi connectivity index (χ2v) is 5.91. The zero-order valence-electron chi connectivity index (χ0n) is 11.0. The van der Waals surface area contributed by atoms with Crippen molar-refractivity contribution in [1.82, 2.24) is 4.90 Å². The molecule has 2 unspecified atom stereocenters. The Labute approximate surface area is 124 Å². The molecule has 1 aliphatic rings. The number of non-ortho nitro benzene ring substituents is 1. The number of nitrogens with zero attached hydrogens (tertiary/aromatic N) is 2. The van der Waals surface area contributed by atoms with E-state index in [4.69, 9.17) is 0 Å². The van der Waals surface area contributed by atoms with Crippen molar-refractivity contribution in [2.24, 2.45) is 5.92 Å². The number of likely N-dealkylation sites (tertiary alicyclic amines) is 1. The van der Waals surface area contributed by atoms with Crippen LogP contribution >= 0.6 is 15.9 Å². The molecule has 1 aromatic rings. The maximum absolute atomic E-state index is 11.3. The van der Waals surface area contributed by atoms with Crippen molar-refractivity contribution in [3.63, 3.8) is 0 Å². The Balaban J connectivity index is 2.18. The first-order valence-corrected chi connectivity index (χ1v) is 7.09. The molecular weight excluding hydrogens is 328 g/mol. The fourth-order valence-corrected chi connectivity index (χ4v) is 3.09. The van der Waals surface area contributed by atoms with Gasteiger partial charge in [0.25, 0.3) is 5.69 Å². The van der Waals surface area contributed by atoms with Gasteiger partial charge in [0, 0.05) is 23.2 Å². The third-order valence-electron chi connectivity index (χ3n) is 3.68. The molecule has 0 saturated carbocycles. The molecule has 20 heavy (non-hydrogen) atoms. The molecule has 2 rings (SSSR count). The lowest BCUT2D eigenvalue weighted by atomic mass is 10.0. The zero-order valence-corrected chi connectivity index (χ0v) is 12.5. The highest BCUT2D eigenvalue weighted by Crippen LogP contribution is 2.29. The van der Waals surface area contributed by atoms with E-state index >= 15 is 0 Å². The molecule has 0 amide bonds. The van der Waals surface area contributed by atoms with Gasteiger partial charge in [0.1, 0.15) is 6.04 Å². The normalized spacial score (nSPS) is 22.9. The Kier molecular flexibility index (Phi) is 4.39. The van der Waals surface area contributed by atoms with E-state index in [0.717, 1.165) is 18.5 Å². The van der Waals surface area contributed by atoms with Gasteiger partial charge in [0.2, 0.25) is 0 Å². The lowest BCUT2D eigenvalue weighted by Crippen LogP contribution is -2.38. The van der Waals surface area contributed by atoms with Gasteiger partial charge in [-0.25, -0.2) is 0 Å². The van der Waals surface area contributed by atoms with Crippen LogP contribution in [0.4, 0.5) is 5.69 Å². The molecule has 1 heterocycles. The molecule has 7 heteroatoms. The van der Waals surface area contributed by atoms with Crippen LogP contribution in [0.3, 0.4) is 0 Å². The molecule has 1 aliphatic heterocycles. The molecule has 1 N–H and O–H groups in total. The lowest BCUT2D eigenvalue weighted by molar-refractivity contribution is -0.384. The maximum Gasteiger partial charge on any atom is 0.321 e. The Hall–Kier alpha value is -1.47. The van der Waals surface area contributed by atoms with E-state index in [0.29, 0.717) is 11.0 Å². The number of hydrogen-bond donors (Lipinski definition) is 1. The molecule has 1 saturated heterocycles. The number of nitro groups is 1. The molecule has 0 aliphatic carbocycles. The maximum atomic E-state index is 11.3. The van der Waals surface area contributed by atoms with Gasteiger partial charge < -0.3 is 5.11 Å². The summed E-state index contributed by atoms with van der Waals surface area (Å²) in [5.74, 6) is -0.697. The molecule has 2 atom stereocenters. The summed E-state index contributed by atoms with van der Waals surface area (Å²) in [6, 6.07) is 4.07. The highest BCUT2D eigenvalue weighted by molar-refractivity contribution is 9.10. The van der Waals surface area contributed by atoms with Gasteiger partial charge in [-0.05, 0) is 30.5 Å². The molecular formula is C13H15BrN2O4. The van der Waals surface area contributed by atoms with Gasteiger partial charge in [0.05, 0.1) is 4.92 Å². The minimum absolute atomic E-state index is 0.0187. The van der Waals surface area contributed by atoms with Crippen molar-refractivity contribution in [2.75, 3.05) is 6.54 Å². The smallest absolute Gasteiger partial charge is 0.321 e. The van der Waals surface area contributed by atoms with Crippen LogP contribution in [-0.2, 0) is 11.3 Å². The van der Waals surface area contributed by atoms with Crippen molar-refractivity contribution in [3.8, 4) is 0 Å². The Morgan fingerprint density at radius 3 is 2.85 bits per heavy atom. The Morgan fingerprint density at radius 2 is 2.30 bits per heavy atom. The van der Waals surface area contributed by atoms with Gasteiger partial charge in [-0.15, -0.1) is 0 Å². The minimum Gasteiger partial charge on any atom is -0.480 e. The minimum atomic E-state index is -0.812. The SMILES string of the molecule is CC1CCN(Cc2ccc([N+](=O)[O-])cc2Br)C1C(=O)O. The summed E-state index contributed by atoms with van der Waals surface area (Å²) in [6.45, 7) is 3.13. The first kappa shape index (κ1) is 14.9. The van der Waals surface area contributed by atoms with Crippen molar-refractivity contribution in [1.29, 1.82) is 0 Å². The highest BCUT2D eigenvalue weighted by atomic mass is 79.9. The topological polar surface area (TPSA) is 83.7 Å². The number of carbonyl (C=O) groups is 1. The number of carboxylic acids is 1. The predicted molar refractivity (Wildman–Crippen MR) is 76.4 cm³/mol. The summed E-state index contributed by atoms with van der Waals surface area (Å²) in [4.78, 5) is 23.4. The van der Waals surface area contributed by atoms with Gasteiger partial charge in [-0.1, -0.05) is 22.9 Å². The zero-order chi connectivity index (χ0) is 14.9. The molecule has 0 radical (unpaired) electrons. The van der Waals surface area contributed by atoms with Crippen molar-refractivity contribution >= 4 is 27.6 Å². The van der Waals surface area contributed by atoms with E-state index in [1.54, 1.807) is 6.07 Å². The second kappa shape index (κ2) is 5.88. The number of benzene rings is 1. The van der Waals surface area contributed by atoms with E-state index < -0.39 is 16.9 Å². The molecule has 1 aromatic carbocycles. The number of halogens is 1. The fourth-order valence-electron chi connectivity index (χ4n) is 2.60. The van der Waals surface area contributed by atoms with Crippen LogP contribution in [-0.4, -0.2) is 33.5 Å². The Morgan fingerprint density at radius 1 is 1.60 bits per heavy atom. The fraction of sp³-hybridized carbons (Fsp3) is 0.462. The van der Waals surface area contributed by atoms with Gasteiger partial charge in [-0.3, -0.25) is 19.8 Å². The van der Waals surface area contributed by atoms with Crippen LogP contribution in [0.25, 0.3) is 0 Å². The molecule has 6 nitrogen and oxygen atoms in total. The van der Waals surface area contributed by atoms with E-state index in [9.17, 15) is 20.0 Å². The highest BCUT2D eigenvalue weighted by Gasteiger charge is 2.36. The predicted octanol–water partition coefficient (Wildman–Crippen LogP) is 2.65. The third kappa shape index (κ3) is 2.99. The van der Waals surface area contributed by atoms with Gasteiger partial charge >= 0.3 is 5.97 Å². The van der Waals surface area contributed by atoms with Crippen LogP contribution in [0.1, 0.15) is 18.9 Å². The third-order valence-corrected chi connectivity index (χ3v) is 4.42.